The lowest BCUT2D eigenvalue weighted by molar-refractivity contribution is 0.106. The second-order valence-corrected chi connectivity index (χ2v) is 5.83. The van der Waals surface area contributed by atoms with Gasteiger partial charge in [0.1, 0.15) is 18.5 Å². The first-order valence-corrected chi connectivity index (χ1v) is 8.34. The van der Waals surface area contributed by atoms with E-state index in [1.165, 1.54) is 11.1 Å². The van der Waals surface area contributed by atoms with E-state index in [1.807, 2.05) is 18.2 Å². The van der Waals surface area contributed by atoms with Crippen molar-refractivity contribution in [1.29, 1.82) is 0 Å². The van der Waals surface area contributed by atoms with Crippen LogP contribution < -0.4 is 10.1 Å². The summed E-state index contributed by atoms with van der Waals surface area (Å²) in [5.41, 5.74) is 2.59. The SMILES string of the molecule is CCc1cccc(OCC(O)CNCCc2ccsc2)c1. The van der Waals surface area contributed by atoms with Crippen molar-refractivity contribution < 1.29 is 9.84 Å². The minimum Gasteiger partial charge on any atom is -0.491 e. The van der Waals surface area contributed by atoms with Crippen molar-refractivity contribution in [3.8, 4) is 5.75 Å². The molecular formula is C17H23NO2S. The number of thiophene rings is 1. The van der Waals surface area contributed by atoms with E-state index in [-0.39, 0.29) is 0 Å². The van der Waals surface area contributed by atoms with Crippen LogP contribution in [-0.2, 0) is 12.8 Å². The molecule has 0 aliphatic heterocycles. The number of nitrogens with one attached hydrogen (secondary N) is 1. The van der Waals surface area contributed by atoms with Gasteiger partial charge in [0, 0.05) is 6.54 Å². The normalized spacial score (nSPS) is 12.3. The van der Waals surface area contributed by atoms with Crippen LogP contribution in [0.3, 0.4) is 0 Å². The van der Waals surface area contributed by atoms with Gasteiger partial charge in [-0.2, -0.15) is 11.3 Å². The molecule has 0 aliphatic carbocycles. The molecule has 0 fully saturated rings. The van der Waals surface area contributed by atoms with Crippen LogP contribution >= 0.6 is 11.3 Å². The topological polar surface area (TPSA) is 41.5 Å². The Bertz CT molecular complexity index is 513. The van der Waals surface area contributed by atoms with E-state index in [2.05, 4.69) is 35.1 Å². The van der Waals surface area contributed by atoms with Crippen molar-refractivity contribution in [2.75, 3.05) is 19.7 Å². The summed E-state index contributed by atoms with van der Waals surface area (Å²) in [6, 6.07) is 10.1. The maximum Gasteiger partial charge on any atom is 0.119 e. The van der Waals surface area contributed by atoms with Gasteiger partial charge in [-0.15, -0.1) is 0 Å². The lowest BCUT2D eigenvalue weighted by Gasteiger charge is -2.13. The van der Waals surface area contributed by atoms with Gasteiger partial charge in [0.15, 0.2) is 0 Å². The van der Waals surface area contributed by atoms with Crippen LogP contribution in [0.1, 0.15) is 18.1 Å². The van der Waals surface area contributed by atoms with Crippen molar-refractivity contribution in [3.63, 3.8) is 0 Å². The molecule has 0 bridgehead atoms. The zero-order valence-corrected chi connectivity index (χ0v) is 13.2. The molecule has 21 heavy (non-hydrogen) atoms. The first kappa shape index (κ1) is 16.0. The van der Waals surface area contributed by atoms with Crippen molar-refractivity contribution in [1.82, 2.24) is 5.32 Å². The second kappa shape index (κ2) is 8.82. The minimum atomic E-state index is -0.488. The largest absolute Gasteiger partial charge is 0.491 e. The van der Waals surface area contributed by atoms with Gasteiger partial charge in [0.05, 0.1) is 0 Å². The maximum absolute atomic E-state index is 9.91. The molecule has 114 valence electrons. The third-order valence-electron chi connectivity index (χ3n) is 3.30. The van der Waals surface area contributed by atoms with E-state index in [4.69, 9.17) is 4.74 Å². The molecule has 0 spiro atoms. The Hall–Kier alpha value is -1.36. The molecule has 3 nitrogen and oxygen atoms in total. The Kier molecular flexibility index (Phi) is 6.73. The van der Waals surface area contributed by atoms with E-state index in [0.717, 1.165) is 25.1 Å². The molecule has 4 heteroatoms. The monoisotopic (exact) mass is 305 g/mol. The average molecular weight is 305 g/mol. The fourth-order valence-corrected chi connectivity index (χ4v) is 2.75. The molecule has 0 saturated carbocycles. The van der Waals surface area contributed by atoms with Crippen LogP contribution in [0.15, 0.2) is 41.1 Å². The molecular weight excluding hydrogens is 282 g/mol. The van der Waals surface area contributed by atoms with E-state index < -0.39 is 6.10 Å². The van der Waals surface area contributed by atoms with Gasteiger partial charge in [0.2, 0.25) is 0 Å². The predicted molar refractivity (Wildman–Crippen MR) is 88.2 cm³/mol. The molecule has 1 aromatic heterocycles. The number of aryl methyl sites for hydroxylation is 1. The lowest BCUT2D eigenvalue weighted by atomic mass is 10.2. The smallest absolute Gasteiger partial charge is 0.119 e. The Morgan fingerprint density at radius 3 is 2.95 bits per heavy atom. The first-order valence-electron chi connectivity index (χ1n) is 7.39. The van der Waals surface area contributed by atoms with E-state index in [0.29, 0.717) is 13.2 Å². The highest BCUT2D eigenvalue weighted by atomic mass is 32.1. The number of aliphatic hydroxyl groups excluding tert-OH is 1. The van der Waals surface area contributed by atoms with Gasteiger partial charge in [-0.1, -0.05) is 19.1 Å². The van der Waals surface area contributed by atoms with Crippen LogP contribution in [-0.4, -0.2) is 30.9 Å². The minimum absolute atomic E-state index is 0.318. The Morgan fingerprint density at radius 2 is 2.19 bits per heavy atom. The Labute approximate surface area is 130 Å². The highest BCUT2D eigenvalue weighted by Gasteiger charge is 2.05. The third-order valence-corrected chi connectivity index (χ3v) is 4.03. The number of ether oxygens (including phenoxy) is 1. The second-order valence-electron chi connectivity index (χ2n) is 5.05. The zero-order valence-electron chi connectivity index (χ0n) is 12.4. The van der Waals surface area contributed by atoms with Crippen LogP contribution in [0, 0.1) is 0 Å². The Morgan fingerprint density at radius 1 is 1.29 bits per heavy atom. The van der Waals surface area contributed by atoms with Crippen LogP contribution in [0.2, 0.25) is 0 Å². The molecule has 1 unspecified atom stereocenters. The summed E-state index contributed by atoms with van der Waals surface area (Å²) in [6.07, 6.45) is 1.50. The molecule has 2 aromatic rings. The van der Waals surface area contributed by atoms with Crippen molar-refractivity contribution >= 4 is 11.3 Å². The zero-order chi connectivity index (χ0) is 14.9. The maximum atomic E-state index is 9.91. The van der Waals surface area contributed by atoms with Gasteiger partial charge in [-0.05, 0) is 59.5 Å². The molecule has 0 radical (unpaired) electrons. The Balaban J connectivity index is 1.61. The molecule has 2 N–H and O–H groups in total. The van der Waals surface area contributed by atoms with E-state index in [1.54, 1.807) is 11.3 Å². The van der Waals surface area contributed by atoms with Crippen molar-refractivity contribution in [2.24, 2.45) is 0 Å². The average Bonchev–Trinajstić information content (AvgIpc) is 3.03. The third kappa shape index (κ3) is 5.87. The molecule has 1 atom stereocenters. The molecule has 2 rings (SSSR count). The molecule has 0 amide bonds. The molecule has 1 aromatic carbocycles. The number of rotatable bonds is 9. The molecule has 1 heterocycles. The van der Waals surface area contributed by atoms with Crippen LogP contribution in [0.5, 0.6) is 5.75 Å². The molecule has 0 saturated heterocycles. The number of benzene rings is 1. The summed E-state index contributed by atoms with van der Waals surface area (Å²) < 4.78 is 5.62. The van der Waals surface area contributed by atoms with Gasteiger partial charge in [0.25, 0.3) is 0 Å². The van der Waals surface area contributed by atoms with Gasteiger partial charge >= 0.3 is 0 Å². The highest BCUT2D eigenvalue weighted by molar-refractivity contribution is 7.07. The van der Waals surface area contributed by atoms with Crippen LogP contribution in [0.4, 0.5) is 0 Å². The summed E-state index contributed by atoms with van der Waals surface area (Å²) in [5, 5.41) is 17.4. The lowest BCUT2D eigenvalue weighted by Crippen LogP contribution is -2.32. The predicted octanol–water partition coefficient (Wildman–Crippen LogP) is 2.88. The standard InChI is InChI=1S/C17H23NO2S/c1-2-14-4-3-5-17(10-14)20-12-16(19)11-18-8-6-15-7-9-21-13-15/h3-5,7,9-10,13,16,18-19H,2,6,8,11-12H2,1H3. The van der Waals surface area contributed by atoms with Crippen molar-refractivity contribution in [3.05, 3.63) is 52.2 Å². The highest BCUT2D eigenvalue weighted by Crippen LogP contribution is 2.13. The van der Waals surface area contributed by atoms with Crippen LogP contribution in [0.25, 0.3) is 0 Å². The van der Waals surface area contributed by atoms with Crippen molar-refractivity contribution in [2.45, 2.75) is 25.9 Å². The summed E-state index contributed by atoms with van der Waals surface area (Å²) in [6.45, 7) is 3.86. The first-order chi connectivity index (χ1) is 10.3. The fraction of sp³-hybridized carbons (Fsp3) is 0.412. The summed E-state index contributed by atoms with van der Waals surface area (Å²) in [7, 11) is 0. The van der Waals surface area contributed by atoms with E-state index in [9.17, 15) is 5.11 Å². The number of hydrogen-bond acceptors (Lipinski definition) is 4. The number of aliphatic hydroxyl groups is 1. The molecule has 0 aliphatic rings. The van der Waals surface area contributed by atoms with Gasteiger partial charge in [-0.25, -0.2) is 0 Å². The summed E-state index contributed by atoms with van der Waals surface area (Å²) in [5.74, 6) is 0.826. The number of hydrogen-bond donors (Lipinski definition) is 2. The van der Waals surface area contributed by atoms with Gasteiger partial charge in [-0.3, -0.25) is 0 Å². The quantitative estimate of drug-likeness (QED) is 0.700. The summed E-state index contributed by atoms with van der Waals surface area (Å²) in [4.78, 5) is 0. The van der Waals surface area contributed by atoms with Gasteiger partial charge < -0.3 is 15.2 Å². The summed E-state index contributed by atoms with van der Waals surface area (Å²) >= 11 is 1.72. The van der Waals surface area contributed by atoms with E-state index >= 15 is 0 Å². The fourth-order valence-electron chi connectivity index (χ4n) is 2.04.